The molecule has 4 bridgehead atoms. The standard InChI is InChI=1S/C11H14O5/c1-5-9-6-3-8(15-5)16-11(9)14-4-7(6)10(12)13-2/h4-6,8-9,11H,3H2,1-2H3/t5-,6+,8+,9+,11+/m1/s1. The highest BCUT2D eigenvalue weighted by Gasteiger charge is 2.53. The Morgan fingerprint density at radius 1 is 1.50 bits per heavy atom. The average Bonchev–Trinajstić information content (AvgIpc) is 2.27. The number of rotatable bonds is 1. The molecule has 0 saturated carbocycles. The van der Waals surface area contributed by atoms with Crippen molar-refractivity contribution >= 4 is 5.97 Å². The monoisotopic (exact) mass is 226 g/mol. The number of ether oxygens (including phenoxy) is 4. The van der Waals surface area contributed by atoms with Gasteiger partial charge in [0, 0.05) is 12.3 Å². The van der Waals surface area contributed by atoms with Gasteiger partial charge in [0.1, 0.15) is 0 Å². The molecule has 4 rings (SSSR count). The summed E-state index contributed by atoms with van der Waals surface area (Å²) >= 11 is 0. The van der Waals surface area contributed by atoms with Crippen molar-refractivity contribution in [1.82, 2.24) is 0 Å². The molecule has 4 aliphatic rings. The maximum Gasteiger partial charge on any atom is 0.337 e. The van der Waals surface area contributed by atoms with Gasteiger partial charge in [-0.05, 0) is 6.92 Å². The summed E-state index contributed by atoms with van der Waals surface area (Å²) in [5.74, 6) is -0.0963. The molecular weight excluding hydrogens is 212 g/mol. The molecule has 0 aromatic carbocycles. The number of carbonyl (C=O) groups excluding carboxylic acids is 1. The maximum atomic E-state index is 11.6. The van der Waals surface area contributed by atoms with Crippen LogP contribution < -0.4 is 0 Å². The smallest absolute Gasteiger partial charge is 0.337 e. The Labute approximate surface area is 93.3 Å². The SMILES string of the molecule is COC(=O)C1=CO[C@H]2O[C@H]3C[C@@H]1[C@@H]2[C@@H](C)O3. The third-order valence-corrected chi connectivity index (χ3v) is 3.57. The van der Waals surface area contributed by atoms with Crippen LogP contribution in [0, 0.1) is 11.8 Å². The van der Waals surface area contributed by atoms with E-state index in [1.54, 1.807) is 0 Å². The molecule has 0 aliphatic carbocycles. The van der Waals surface area contributed by atoms with Crippen molar-refractivity contribution in [3.8, 4) is 0 Å². The van der Waals surface area contributed by atoms with Gasteiger partial charge < -0.3 is 18.9 Å². The highest BCUT2D eigenvalue weighted by atomic mass is 16.8. The molecule has 16 heavy (non-hydrogen) atoms. The first kappa shape index (κ1) is 10.1. The van der Waals surface area contributed by atoms with Gasteiger partial charge >= 0.3 is 5.97 Å². The Balaban J connectivity index is 1.93. The predicted octanol–water partition coefficient (Wildman–Crippen LogP) is 0.797. The van der Waals surface area contributed by atoms with Crippen LogP contribution in [0.25, 0.3) is 0 Å². The van der Waals surface area contributed by atoms with E-state index in [0.717, 1.165) is 0 Å². The van der Waals surface area contributed by atoms with E-state index in [1.165, 1.54) is 13.4 Å². The largest absolute Gasteiger partial charge is 0.471 e. The maximum absolute atomic E-state index is 11.6. The summed E-state index contributed by atoms with van der Waals surface area (Å²) in [5, 5.41) is 0. The van der Waals surface area contributed by atoms with Gasteiger partial charge in [-0.3, -0.25) is 0 Å². The van der Waals surface area contributed by atoms with Crippen molar-refractivity contribution in [2.45, 2.75) is 32.0 Å². The summed E-state index contributed by atoms with van der Waals surface area (Å²) in [4.78, 5) is 11.6. The molecule has 88 valence electrons. The van der Waals surface area contributed by atoms with Crippen LogP contribution in [0.1, 0.15) is 13.3 Å². The summed E-state index contributed by atoms with van der Waals surface area (Å²) in [7, 11) is 1.38. The molecule has 5 nitrogen and oxygen atoms in total. The minimum absolute atomic E-state index is 0.0517. The number of fused-ring (bicyclic) bond motifs is 1. The second-order valence-electron chi connectivity index (χ2n) is 4.40. The lowest BCUT2D eigenvalue weighted by Gasteiger charge is -2.51. The minimum atomic E-state index is -0.316. The lowest BCUT2D eigenvalue weighted by Crippen LogP contribution is -2.57. The lowest BCUT2D eigenvalue weighted by atomic mass is 9.75. The number of methoxy groups -OCH3 is 1. The molecule has 3 saturated heterocycles. The van der Waals surface area contributed by atoms with Gasteiger partial charge in [0.25, 0.3) is 0 Å². The first-order chi connectivity index (χ1) is 7.70. The zero-order valence-electron chi connectivity index (χ0n) is 9.21. The van der Waals surface area contributed by atoms with Crippen molar-refractivity contribution < 1.29 is 23.7 Å². The van der Waals surface area contributed by atoms with Crippen LogP contribution in [0.2, 0.25) is 0 Å². The topological polar surface area (TPSA) is 54.0 Å². The van der Waals surface area contributed by atoms with Gasteiger partial charge in [-0.1, -0.05) is 0 Å². The van der Waals surface area contributed by atoms with Crippen LogP contribution in [-0.2, 0) is 23.7 Å². The molecule has 3 fully saturated rings. The summed E-state index contributed by atoms with van der Waals surface area (Å²) in [5.41, 5.74) is 0.604. The van der Waals surface area contributed by atoms with Crippen molar-refractivity contribution in [3.63, 3.8) is 0 Å². The van der Waals surface area contributed by atoms with Crippen LogP contribution >= 0.6 is 0 Å². The molecule has 0 aromatic heterocycles. The van der Waals surface area contributed by atoms with E-state index < -0.39 is 0 Å². The fourth-order valence-electron chi connectivity index (χ4n) is 2.82. The highest BCUT2D eigenvalue weighted by molar-refractivity contribution is 5.89. The molecule has 4 aliphatic heterocycles. The van der Waals surface area contributed by atoms with Gasteiger partial charge in [0.05, 0.1) is 31.0 Å². The van der Waals surface area contributed by atoms with Crippen molar-refractivity contribution in [1.29, 1.82) is 0 Å². The molecular formula is C11H14O5. The van der Waals surface area contributed by atoms with Gasteiger partial charge in [-0.25, -0.2) is 4.79 Å². The van der Waals surface area contributed by atoms with Crippen molar-refractivity contribution in [2.75, 3.05) is 7.11 Å². The normalized spacial score (nSPS) is 44.6. The van der Waals surface area contributed by atoms with Crippen molar-refractivity contribution in [2.24, 2.45) is 11.8 Å². The zero-order chi connectivity index (χ0) is 11.3. The van der Waals surface area contributed by atoms with E-state index >= 15 is 0 Å². The van der Waals surface area contributed by atoms with Crippen molar-refractivity contribution in [3.05, 3.63) is 11.8 Å². The summed E-state index contributed by atoms with van der Waals surface area (Å²) in [6, 6.07) is 0. The molecule has 5 atom stereocenters. The Hall–Kier alpha value is -1.07. The molecule has 5 heteroatoms. The van der Waals surface area contributed by atoms with Gasteiger partial charge in [-0.2, -0.15) is 0 Å². The molecule has 0 unspecified atom stereocenters. The fourth-order valence-corrected chi connectivity index (χ4v) is 2.82. The minimum Gasteiger partial charge on any atom is -0.471 e. The Bertz CT molecular complexity index is 350. The second kappa shape index (κ2) is 3.46. The van der Waals surface area contributed by atoms with Crippen LogP contribution in [0.5, 0.6) is 0 Å². The molecule has 4 heterocycles. The van der Waals surface area contributed by atoms with E-state index in [0.29, 0.717) is 12.0 Å². The first-order valence-electron chi connectivity index (χ1n) is 5.45. The number of esters is 1. The van der Waals surface area contributed by atoms with E-state index in [9.17, 15) is 4.79 Å². The Kier molecular flexibility index (Phi) is 2.19. The van der Waals surface area contributed by atoms with Crippen LogP contribution in [0.4, 0.5) is 0 Å². The van der Waals surface area contributed by atoms with Crippen LogP contribution in [0.15, 0.2) is 11.8 Å². The lowest BCUT2D eigenvalue weighted by molar-refractivity contribution is -0.363. The van der Waals surface area contributed by atoms with E-state index in [1.807, 2.05) is 6.92 Å². The zero-order valence-corrected chi connectivity index (χ0v) is 9.21. The first-order valence-corrected chi connectivity index (χ1v) is 5.45. The van der Waals surface area contributed by atoms with E-state index in [2.05, 4.69) is 0 Å². The summed E-state index contributed by atoms with van der Waals surface area (Å²) < 4.78 is 21.3. The third kappa shape index (κ3) is 1.28. The third-order valence-electron chi connectivity index (χ3n) is 3.57. The molecule has 0 radical (unpaired) electrons. The van der Waals surface area contributed by atoms with Crippen LogP contribution in [0.3, 0.4) is 0 Å². The van der Waals surface area contributed by atoms with E-state index in [-0.39, 0.29) is 36.5 Å². The summed E-state index contributed by atoms with van der Waals surface area (Å²) in [6.45, 7) is 1.99. The summed E-state index contributed by atoms with van der Waals surface area (Å²) in [6.07, 6.45) is 1.70. The molecule has 0 amide bonds. The number of hydrogen-bond acceptors (Lipinski definition) is 5. The second-order valence-corrected chi connectivity index (χ2v) is 4.40. The van der Waals surface area contributed by atoms with E-state index in [4.69, 9.17) is 18.9 Å². The fraction of sp³-hybridized carbons (Fsp3) is 0.727. The van der Waals surface area contributed by atoms with Crippen LogP contribution in [-0.4, -0.2) is 31.8 Å². The quantitative estimate of drug-likeness (QED) is 0.619. The Morgan fingerprint density at radius 3 is 3.00 bits per heavy atom. The molecule has 0 aromatic rings. The molecule has 0 spiro atoms. The number of carbonyl (C=O) groups is 1. The average molecular weight is 226 g/mol. The predicted molar refractivity (Wildman–Crippen MR) is 52.0 cm³/mol. The molecule has 0 N–H and O–H groups in total. The van der Waals surface area contributed by atoms with Gasteiger partial charge in [0.15, 0.2) is 6.29 Å². The highest BCUT2D eigenvalue weighted by Crippen LogP contribution is 2.47. The number of hydrogen-bond donors (Lipinski definition) is 0. The Morgan fingerprint density at radius 2 is 2.31 bits per heavy atom. The van der Waals surface area contributed by atoms with Gasteiger partial charge in [0.2, 0.25) is 6.29 Å². The van der Waals surface area contributed by atoms with Gasteiger partial charge in [-0.15, -0.1) is 0 Å².